The molecule has 0 bridgehead atoms. The minimum absolute atomic E-state index is 0.0516. The van der Waals surface area contributed by atoms with Gasteiger partial charge in [0, 0.05) is 51.1 Å². The Morgan fingerprint density at radius 2 is 1.69 bits per heavy atom. The van der Waals surface area contributed by atoms with Crippen LogP contribution in [-0.4, -0.2) is 93.6 Å². The number of aromatic nitrogens is 3. The molecule has 13 nitrogen and oxygen atoms in total. The van der Waals surface area contributed by atoms with E-state index in [9.17, 15) is 19.2 Å². The molecule has 5 rings (SSSR count). The van der Waals surface area contributed by atoms with Crippen molar-refractivity contribution in [3.05, 3.63) is 77.4 Å². The molecule has 0 unspecified atom stereocenters. The van der Waals surface area contributed by atoms with E-state index < -0.39 is 12.1 Å². The number of ether oxygens (including phenoxy) is 1. The van der Waals surface area contributed by atoms with Crippen LogP contribution in [0.4, 0.5) is 0 Å². The van der Waals surface area contributed by atoms with Gasteiger partial charge in [0.15, 0.2) is 5.82 Å². The van der Waals surface area contributed by atoms with Crippen LogP contribution in [0.5, 0.6) is 5.75 Å². The summed E-state index contributed by atoms with van der Waals surface area (Å²) in [6.45, 7) is 8.65. The fraction of sp³-hybridized carbons (Fsp3) is 0.500. The van der Waals surface area contributed by atoms with Crippen LogP contribution >= 0.6 is 0 Å². The first kappa shape index (κ1) is 35.5. The van der Waals surface area contributed by atoms with Crippen LogP contribution in [-0.2, 0) is 38.7 Å². The van der Waals surface area contributed by atoms with Crippen LogP contribution in [0, 0.1) is 12.8 Å². The summed E-state index contributed by atoms with van der Waals surface area (Å²) in [4.78, 5) is 62.3. The van der Waals surface area contributed by atoms with Crippen LogP contribution in [0.1, 0.15) is 61.9 Å². The van der Waals surface area contributed by atoms with E-state index in [1.165, 1.54) is 4.68 Å². The van der Waals surface area contributed by atoms with Crippen LogP contribution in [0.2, 0.25) is 0 Å². The summed E-state index contributed by atoms with van der Waals surface area (Å²) in [5.74, 6) is 0.806. The maximum Gasteiger partial charge on any atom is 0.243 e. The van der Waals surface area contributed by atoms with Gasteiger partial charge in [-0.05, 0) is 37.3 Å². The van der Waals surface area contributed by atoms with E-state index in [1.54, 1.807) is 11.8 Å². The Morgan fingerprint density at radius 3 is 2.49 bits per heavy atom. The third-order valence-electron chi connectivity index (χ3n) is 8.78. The number of benzene rings is 2. The van der Waals surface area contributed by atoms with E-state index in [2.05, 4.69) is 30.9 Å². The molecule has 0 spiro atoms. The SMILES string of the molecule is Cc1nc2n(n1)CC(=O)NCCCN(C(=O)CN1CCOc3ccccc3C1)CCCC(=O)N[C@H](Cc1ccccc1)C(=O)N[C@H]2C(C)C. The largest absolute Gasteiger partial charge is 0.492 e. The van der Waals surface area contributed by atoms with Crippen molar-refractivity contribution in [2.24, 2.45) is 5.92 Å². The quantitative estimate of drug-likeness (QED) is 0.373. The van der Waals surface area contributed by atoms with Gasteiger partial charge in [-0.1, -0.05) is 62.4 Å². The lowest BCUT2D eigenvalue weighted by atomic mass is 10.0. The van der Waals surface area contributed by atoms with E-state index in [0.29, 0.717) is 70.2 Å². The average molecular weight is 673 g/mol. The number of fused-ring (bicyclic) bond motifs is 2. The van der Waals surface area contributed by atoms with Gasteiger partial charge in [-0.25, -0.2) is 9.67 Å². The molecule has 13 heteroatoms. The van der Waals surface area contributed by atoms with Crippen molar-refractivity contribution in [2.45, 2.75) is 71.6 Å². The zero-order chi connectivity index (χ0) is 34.8. The van der Waals surface area contributed by atoms with E-state index in [-0.39, 0.29) is 49.1 Å². The third-order valence-corrected chi connectivity index (χ3v) is 8.78. The molecular weight excluding hydrogens is 624 g/mol. The van der Waals surface area contributed by atoms with Gasteiger partial charge in [-0.2, -0.15) is 5.10 Å². The molecule has 2 aliphatic rings. The van der Waals surface area contributed by atoms with Gasteiger partial charge in [0.05, 0.1) is 12.6 Å². The van der Waals surface area contributed by atoms with Crippen molar-refractivity contribution in [2.75, 3.05) is 39.3 Å². The third kappa shape index (κ3) is 10.1. The number of nitrogens with zero attached hydrogens (tertiary/aromatic N) is 5. The Balaban J connectivity index is 1.33. The van der Waals surface area contributed by atoms with Crippen molar-refractivity contribution < 1.29 is 23.9 Å². The highest BCUT2D eigenvalue weighted by molar-refractivity contribution is 5.88. The summed E-state index contributed by atoms with van der Waals surface area (Å²) in [5, 5.41) is 13.5. The molecular formula is C36H48N8O5. The Morgan fingerprint density at radius 1 is 0.939 bits per heavy atom. The molecule has 0 saturated heterocycles. The first-order valence-electron chi connectivity index (χ1n) is 17.2. The number of hydrogen-bond acceptors (Lipinski definition) is 8. The smallest absolute Gasteiger partial charge is 0.243 e. The summed E-state index contributed by atoms with van der Waals surface area (Å²) in [5.41, 5.74) is 1.94. The number of carbonyl (C=O) groups is 4. The Hall–Kier alpha value is -4.78. The molecule has 3 aromatic rings. The van der Waals surface area contributed by atoms with Gasteiger partial charge in [0.2, 0.25) is 23.6 Å². The Bertz CT molecular complexity index is 1590. The molecule has 2 atom stereocenters. The lowest BCUT2D eigenvalue weighted by molar-refractivity contribution is -0.133. The predicted molar refractivity (Wildman–Crippen MR) is 183 cm³/mol. The van der Waals surface area contributed by atoms with Crippen LogP contribution in [0.3, 0.4) is 0 Å². The van der Waals surface area contributed by atoms with E-state index >= 15 is 0 Å². The molecule has 0 fully saturated rings. The van der Waals surface area contributed by atoms with Crippen molar-refractivity contribution in [3.8, 4) is 5.75 Å². The molecule has 2 aliphatic heterocycles. The summed E-state index contributed by atoms with van der Waals surface area (Å²) in [6.07, 6.45) is 1.41. The van der Waals surface area contributed by atoms with Crippen LogP contribution in [0.15, 0.2) is 54.6 Å². The normalized spacial score (nSPS) is 20.4. The van der Waals surface area contributed by atoms with Crippen molar-refractivity contribution in [3.63, 3.8) is 0 Å². The number of carbonyl (C=O) groups excluding carboxylic acids is 4. The predicted octanol–water partition coefficient (Wildman–Crippen LogP) is 2.15. The summed E-state index contributed by atoms with van der Waals surface area (Å²) >= 11 is 0. The fourth-order valence-corrected chi connectivity index (χ4v) is 6.21. The fourth-order valence-electron chi connectivity index (χ4n) is 6.21. The summed E-state index contributed by atoms with van der Waals surface area (Å²) in [7, 11) is 0. The standard InChI is InChI=1S/C36H48N8O5/c1-25(2)34-35-38-26(3)41-44(35)23-32(46)37-16-10-18-43(33(47)24-42-19-20-49-30-14-8-7-13-28(30)22-42)17-9-15-31(45)39-29(36(48)40-34)21-27-11-5-4-6-12-27/h4-8,11-14,25,29,34H,9-10,15-24H2,1-3H3,(H,37,46)(H,39,45)(H,40,48)/t29-,34+/m1/s1. The lowest BCUT2D eigenvalue weighted by Crippen LogP contribution is -2.50. The lowest BCUT2D eigenvalue weighted by Gasteiger charge is -2.27. The second-order valence-corrected chi connectivity index (χ2v) is 13.1. The second kappa shape index (κ2) is 17.0. The summed E-state index contributed by atoms with van der Waals surface area (Å²) in [6, 6.07) is 16.0. The van der Waals surface area contributed by atoms with Gasteiger partial charge in [0.1, 0.15) is 30.8 Å². The molecule has 1 aromatic heterocycles. The zero-order valence-electron chi connectivity index (χ0n) is 28.7. The van der Waals surface area contributed by atoms with E-state index in [0.717, 1.165) is 16.9 Å². The Kier molecular flexibility index (Phi) is 12.4. The number of para-hydroxylation sites is 1. The van der Waals surface area contributed by atoms with Gasteiger partial charge in [-0.3, -0.25) is 24.1 Å². The molecule has 2 aromatic carbocycles. The topological polar surface area (TPSA) is 151 Å². The number of hydrogen-bond donors (Lipinski definition) is 3. The minimum atomic E-state index is -0.846. The highest BCUT2D eigenvalue weighted by atomic mass is 16.5. The molecule has 0 radical (unpaired) electrons. The maximum atomic E-state index is 13.9. The second-order valence-electron chi connectivity index (χ2n) is 13.1. The van der Waals surface area contributed by atoms with Crippen molar-refractivity contribution >= 4 is 23.6 Å². The molecule has 0 saturated carbocycles. The number of amides is 4. The highest BCUT2D eigenvalue weighted by Gasteiger charge is 2.30. The van der Waals surface area contributed by atoms with Crippen molar-refractivity contribution in [1.82, 2.24) is 40.5 Å². The number of nitrogens with one attached hydrogen (secondary N) is 3. The zero-order valence-corrected chi connectivity index (χ0v) is 28.7. The first-order valence-corrected chi connectivity index (χ1v) is 17.2. The average Bonchev–Trinajstić information content (AvgIpc) is 3.30. The molecule has 262 valence electrons. The monoisotopic (exact) mass is 672 g/mol. The summed E-state index contributed by atoms with van der Waals surface area (Å²) < 4.78 is 7.41. The number of rotatable bonds is 5. The van der Waals surface area contributed by atoms with Gasteiger partial charge in [0.25, 0.3) is 0 Å². The first-order chi connectivity index (χ1) is 23.7. The molecule has 0 aliphatic carbocycles. The number of aryl methyl sites for hydroxylation is 1. The molecule has 4 amide bonds. The van der Waals surface area contributed by atoms with Gasteiger partial charge >= 0.3 is 0 Å². The maximum absolute atomic E-state index is 13.9. The molecule has 3 heterocycles. The minimum Gasteiger partial charge on any atom is -0.492 e. The van der Waals surface area contributed by atoms with Crippen LogP contribution in [0.25, 0.3) is 0 Å². The Labute approximate surface area is 287 Å². The van der Waals surface area contributed by atoms with Gasteiger partial charge < -0.3 is 25.6 Å². The van der Waals surface area contributed by atoms with Crippen molar-refractivity contribution in [1.29, 1.82) is 0 Å². The highest BCUT2D eigenvalue weighted by Crippen LogP contribution is 2.23. The van der Waals surface area contributed by atoms with Gasteiger partial charge in [-0.15, -0.1) is 0 Å². The molecule has 49 heavy (non-hydrogen) atoms. The van der Waals surface area contributed by atoms with E-state index in [4.69, 9.17) is 4.74 Å². The molecule has 3 N–H and O–H groups in total. The van der Waals surface area contributed by atoms with E-state index in [1.807, 2.05) is 68.4 Å². The van der Waals surface area contributed by atoms with Crippen LogP contribution < -0.4 is 20.7 Å².